The summed E-state index contributed by atoms with van der Waals surface area (Å²) >= 11 is 6.43. The molecule has 7 nitrogen and oxygen atoms in total. The Morgan fingerprint density at radius 1 is 1.13 bits per heavy atom. The van der Waals surface area contributed by atoms with Gasteiger partial charge in [-0.25, -0.2) is 14.1 Å². The van der Waals surface area contributed by atoms with Crippen LogP contribution in [0.5, 0.6) is 5.75 Å². The molecular formula is C29H29ClFN5O2. The zero-order chi connectivity index (χ0) is 26.6. The molecule has 0 N–H and O–H groups in total. The lowest BCUT2D eigenvalue weighted by Gasteiger charge is -2.30. The number of methoxy groups -OCH3 is 1. The van der Waals surface area contributed by atoms with Crippen molar-refractivity contribution < 1.29 is 13.9 Å². The molecule has 0 spiro atoms. The van der Waals surface area contributed by atoms with Gasteiger partial charge in [-0.3, -0.25) is 9.78 Å². The maximum absolute atomic E-state index is 14.3. The van der Waals surface area contributed by atoms with E-state index in [2.05, 4.69) is 4.98 Å². The third-order valence-electron chi connectivity index (χ3n) is 7.10. The van der Waals surface area contributed by atoms with Crippen LogP contribution in [0.25, 0.3) is 22.8 Å². The van der Waals surface area contributed by atoms with Crippen molar-refractivity contribution in [2.75, 3.05) is 13.7 Å². The number of ether oxygens (including phenoxy) is 1. The summed E-state index contributed by atoms with van der Waals surface area (Å²) in [4.78, 5) is 24.5. The van der Waals surface area contributed by atoms with Gasteiger partial charge in [-0.15, -0.1) is 0 Å². The number of halogens is 2. The molecule has 1 fully saturated rings. The second-order valence-corrected chi connectivity index (χ2v) is 9.82. The summed E-state index contributed by atoms with van der Waals surface area (Å²) < 4.78 is 21.4. The van der Waals surface area contributed by atoms with Crippen LogP contribution in [-0.4, -0.2) is 50.3 Å². The molecule has 2 heterocycles. The standard InChI is InChI=1S/C29H29ClFN5O2/c1-19-23(8-5-9-25(19)31)29(37)35(22-6-3-4-7-22)16-17-36-28(21-10-11-26(38-2)24(30)18-21)33-27(34-36)20-12-14-32-15-13-20/h5,8-15,18,22H,3-4,6-7,16-17H2,1-2H3. The van der Waals surface area contributed by atoms with Gasteiger partial charge in [0.15, 0.2) is 11.6 Å². The van der Waals surface area contributed by atoms with Gasteiger partial charge in [0.1, 0.15) is 11.6 Å². The van der Waals surface area contributed by atoms with Crippen LogP contribution in [-0.2, 0) is 6.54 Å². The van der Waals surface area contributed by atoms with Crippen LogP contribution < -0.4 is 4.74 Å². The third kappa shape index (κ3) is 5.27. The molecule has 1 aliphatic carbocycles. The van der Waals surface area contributed by atoms with E-state index in [-0.39, 0.29) is 17.8 Å². The molecule has 1 aliphatic rings. The fraction of sp³-hybridized carbons (Fsp3) is 0.310. The summed E-state index contributed by atoms with van der Waals surface area (Å²) in [6, 6.07) is 14.0. The van der Waals surface area contributed by atoms with Crippen LogP contribution in [0.4, 0.5) is 4.39 Å². The highest BCUT2D eigenvalue weighted by Crippen LogP contribution is 2.31. The van der Waals surface area contributed by atoms with E-state index in [1.165, 1.54) is 6.07 Å². The van der Waals surface area contributed by atoms with E-state index < -0.39 is 0 Å². The van der Waals surface area contributed by atoms with Crippen molar-refractivity contribution in [1.82, 2.24) is 24.6 Å². The maximum atomic E-state index is 14.3. The minimum Gasteiger partial charge on any atom is -0.495 e. The second kappa shape index (κ2) is 11.3. The van der Waals surface area contributed by atoms with E-state index in [1.54, 1.807) is 50.7 Å². The Bertz CT molecular complexity index is 1440. The van der Waals surface area contributed by atoms with E-state index in [9.17, 15) is 9.18 Å². The number of carbonyl (C=O) groups excluding carboxylic acids is 1. The summed E-state index contributed by atoms with van der Waals surface area (Å²) in [5, 5.41) is 5.26. The molecule has 0 aliphatic heterocycles. The SMILES string of the molecule is COc1ccc(-c2nc(-c3ccncc3)nn2CCN(C(=O)c2cccc(F)c2C)C2CCCC2)cc1Cl. The first-order valence-electron chi connectivity index (χ1n) is 12.7. The zero-order valence-electron chi connectivity index (χ0n) is 21.4. The summed E-state index contributed by atoms with van der Waals surface area (Å²) in [5.41, 5.74) is 2.38. The Labute approximate surface area is 226 Å². The van der Waals surface area contributed by atoms with Crippen LogP contribution in [0.15, 0.2) is 60.9 Å². The van der Waals surface area contributed by atoms with E-state index in [1.807, 2.05) is 27.8 Å². The van der Waals surface area contributed by atoms with Gasteiger partial charge in [0.25, 0.3) is 5.91 Å². The second-order valence-electron chi connectivity index (χ2n) is 9.42. The molecule has 0 atom stereocenters. The summed E-state index contributed by atoms with van der Waals surface area (Å²) in [6.45, 7) is 2.47. The highest BCUT2D eigenvalue weighted by atomic mass is 35.5. The minimum atomic E-state index is -0.376. The predicted octanol–water partition coefficient (Wildman–Crippen LogP) is 6.20. The predicted molar refractivity (Wildman–Crippen MR) is 145 cm³/mol. The molecule has 5 rings (SSSR count). The number of aromatic nitrogens is 4. The molecule has 4 aromatic rings. The molecule has 2 aromatic carbocycles. The molecule has 2 aromatic heterocycles. The average molecular weight is 534 g/mol. The lowest BCUT2D eigenvalue weighted by molar-refractivity contribution is 0.0670. The van der Waals surface area contributed by atoms with Gasteiger partial charge in [0, 0.05) is 41.7 Å². The van der Waals surface area contributed by atoms with Crippen molar-refractivity contribution >= 4 is 17.5 Å². The van der Waals surface area contributed by atoms with E-state index in [0.717, 1.165) is 36.8 Å². The number of carbonyl (C=O) groups is 1. The van der Waals surface area contributed by atoms with Crippen molar-refractivity contribution in [1.29, 1.82) is 0 Å². The lowest BCUT2D eigenvalue weighted by Crippen LogP contribution is -2.41. The number of amides is 1. The van der Waals surface area contributed by atoms with Gasteiger partial charge in [-0.2, -0.15) is 5.10 Å². The van der Waals surface area contributed by atoms with Crippen molar-refractivity contribution in [3.63, 3.8) is 0 Å². The van der Waals surface area contributed by atoms with Crippen LogP contribution in [0.1, 0.15) is 41.6 Å². The summed E-state index contributed by atoms with van der Waals surface area (Å²) in [5.74, 6) is 1.21. The minimum absolute atomic E-state index is 0.104. The van der Waals surface area contributed by atoms with E-state index in [4.69, 9.17) is 26.4 Å². The molecule has 0 saturated heterocycles. The van der Waals surface area contributed by atoms with Gasteiger partial charge in [-0.05, 0) is 67.8 Å². The largest absolute Gasteiger partial charge is 0.495 e. The average Bonchev–Trinajstić information content (AvgIpc) is 3.62. The molecule has 196 valence electrons. The van der Waals surface area contributed by atoms with Gasteiger partial charge in [0.2, 0.25) is 0 Å². The van der Waals surface area contributed by atoms with Gasteiger partial charge >= 0.3 is 0 Å². The first-order chi connectivity index (χ1) is 18.5. The number of nitrogens with zero attached hydrogens (tertiary/aromatic N) is 5. The Morgan fingerprint density at radius 2 is 1.89 bits per heavy atom. The normalized spacial score (nSPS) is 13.6. The topological polar surface area (TPSA) is 73.1 Å². The van der Waals surface area contributed by atoms with Crippen molar-refractivity contribution in [2.24, 2.45) is 0 Å². The smallest absolute Gasteiger partial charge is 0.254 e. The Balaban J connectivity index is 1.50. The van der Waals surface area contributed by atoms with Gasteiger partial charge in [0.05, 0.1) is 18.7 Å². The van der Waals surface area contributed by atoms with E-state index in [0.29, 0.717) is 46.6 Å². The van der Waals surface area contributed by atoms with Crippen LogP contribution >= 0.6 is 11.6 Å². The first kappa shape index (κ1) is 25.9. The molecule has 9 heteroatoms. The number of pyridine rings is 1. The summed E-state index contributed by atoms with van der Waals surface area (Å²) in [7, 11) is 1.57. The van der Waals surface area contributed by atoms with Crippen molar-refractivity contribution in [3.05, 3.63) is 82.9 Å². The van der Waals surface area contributed by atoms with E-state index >= 15 is 0 Å². The van der Waals surface area contributed by atoms with Crippen molar-refractivity contribution in [3.8, 4) is 28.5 Å². The van der Waals surface area contributed by atoms with Crippen LogP contribution in [0, 0.1) is 12.7 Å². The molecule has 1 amide bonds. The molecule has 0 unspecified atom stereocenters. The maximum Gasteiger partial charge on any atom is 0.254 e. The van der Waals surface area contributed by atoms with Gasteiger partial charge < -0.3 is 9.64 Å². The fourth-order valence-corrected chi connectivity index (χ4v) is 5.26. The zero-order valence-corrected chi connectivity index (χ0v) is 22.2. The van der Waals surface area contributed by atoms with Crippen LogP contribution in [0.2, 0.25) is 5.02 Å². The Morgan fingerprint density at radius 3 is 2.61 bits per heavy atom. The van der Waals surface area contributed by atoms with Gasteiger partial charge in [-0.1, -0.05) is 30.5 Å². The quantitative estimate of drug-likeness (QED) is 0.269. The Hall–Kier alpha value is -3.78. The summed E-state index contributed by atoms with van der Waals surface area (Å²) in [6.07, 6.45) is 7.40. The molecule has 1 saturated carbocycles. The fourth-order valence-electron chi connectivity index (χ4n) is 5.00. The number of rotatable bonds is 8. The molecule has 38 heavy (non-hydrogen) atoms. The number of benzene rings is 2. The van der Waals surface area contributed by atoms with Crippen molar-refractivity contribution in [2.45, 2.75) is 45.2 Å². The number of hydrogen-bond acceptors (Lipinski definition) is 5. The monoisotopic (exact) mass is 533 g/mol. The van der Waals surface area contributed by atoms with Crippen LogP contribution in [0.3, 0.4) is 0 Å². The molecular weight excluding hydrogens is 505 g/mol. The molecule has 0 radical (unpaired) electrons. The molecule has 0 bridgehead atoms. The number of hydrogen-bond donors (Lipinski definition) is 0. The lowest BCUT2D eigenvalue weighted by atomic mass is 10.1. The Kier molecular flexibility index (Phi) is 7.69. The highest BCUT2D eigenvalue weighted by molar-refractivity contribution is 6.32. The third-order valence-corrected chi connectivity index (χ3v) is 7.39. The first-order valence-corrected chi connectivity index (χ1v) is 13.1. The highest BCUT2D eigenvalue weighted by Gasteiger charge is 2.29.